The van der Waals surface area contributed by atoms with E-state index in [0.717, 1.165) is 11.4 Å². The van der Waals surface area contributed by atoms with Crippen molar-refractivity contribution in [1.29, 1.82) is 0 Å². The van der Waals surface area contributed by atoms with E-state index >= 15 is 0 Å². The SMILES string of the molecule is COCc1ccc(C(=O)Nc2cccc(Oc3ccc(C)cc3)c2)c(C)n1. The van der Waals surface area contributed by atoms with Crippen molar-refractivity contribution in [3.8, 4) is 11.5 Å². The van der Waals surface area contributed by atoms with E-state index in [0.29, 0.717) is 29.3 Å². The number of carbonyl (C=O) groups excluding carboxylic acids is 1. The summed E-state index contributed by atoms with van der Waals surface area (Å²) in [7, 11) is 1.61. The van der Waals surface area contributed by atoms with Crippen molar-refractivity contribution in [2.45, 2.75) is 20.5 Å². The fourth-order valence-electron chi connectivity index (χ4n) is 2.66. The molecule has 0 bridgehead atoms. The molecule has 27 heavy (non-hydrogen) atoms. The molecule has 0 atom stereocenters. The van der Waals surface area contributed by atoms with Crippen molar-refractivity contribution in [3.63, 3.8) is 0 Å². The van der Waals surface area contributed by atoms with E-state index < -0.39 is 0 Å². The van der Waals surface area contributed by atoms with Gasteiger partial charge >= 0.3 is 0 Å². The molecule has 0 aliphatic rings. The van der Waals surface area contributed by atoms with E-state index in [1.807, 2.05) is 56.3 Å². The van der Waals surface area contributed by atoms with Crippen molar-refractivity contribution in [3.05, 3.63) is 83.2 Å². The van der Waals surface area contributed by atoms with E-state index in [1.165, 1.54) is 5.56 Å². The normalized spacial score (nSPS) is 10.5. The Morgan fingerprint density at radius 3 is 2.48 bits per heavy atom. The molecule has 0 fully saturated rings. The van der Waals surface area contributed by atoms with Crippen LogP contribution in [0.1, 0.15) is 27.3 Å². The zero-order valence-electron chi connectivity index (χ0n) is 15.7. The Labute approximate surface area is 159 Å². The van der Waals surface area contributed by atoms with Crippen LogP contribution in [0.25, 0.3) is 0 Å². The summed E-state index contributed by atoms with van der Waals surface area (Å²) in [5, 5.41) is 2.90. The van der Waals surface area contributed by atoms with Crippen LogP contribution in [-0.4, -0.2) is 18.0 Å². The second kappa shape index (κ2) is 8.47. The molecule has 1 heterocycles. The maximum absolute atomic E-state index is 12.6. The van der Waals surface area contributed by atoms with E-state index in [2.05, 4.69) is 10.3 Å². The zero-order chi connectivity index (χ0) is 19.2. The zero-order valence-corrected chi connectivity index (χ0v) is 15.7. The monoisotopic (exact) mass is 362 g/mol. The van der Waals surface area contributed by atoms with Crippen LogP contribution < -0.4 is 10.1 Å². The van der Waals surface area contributed by atoms with Crippen LogP contribution in [0.4, 0.5) is 5.69 Å². The van der Waals surface area contributed by atoms with Gasteiger partial charge < -0.3 is 14.8 Å². The summed E-state index contributed by atoms with van der Waals surface area (Å²) in [4.78, 5) is 17.0. The molecule has 3 rings (SSSR count). The maximum Gasteiger partial charge on any atom is 0.257 e. The lowest BCUT2D eigenvalue weighted by atomic mass is 10.1. The van der Waals surface area contributed by atoms with Crippen LogP contribution >= 0.6 is 0 Å². The smallest absolute Gasteiger partial charge is 0.257 e. The first kappa shape index (κ1) is 18.6. The highest BCUT2D eigenvalue weighted by molar-refractivity contribution is 6.05. The van der Waals surface area contributed by atoms with Gasteiger partial charge in [0.2, 0.25) is 0 Å². The first-order valence-electron chi connectivity index (χ1n) is 8.66. The minimum atomic E-state index is -0.212. The Hall–Kier alpha value is -3.18. The third kappa shape index (κ3) is 4.92. The topological polar surface area (TPSA) is 60.5 Å². The van der Waals surface area contributed by atoms with Gasteiger partial charge in [0, 0.05) is 18.9 Å². The highest BCUT2D eigenvalue weighted by Crippen LogP contribution is 2.25. The third-order valence-corrected chi connectivity index (χ3v) is 4.03. The molecule has 2 aromatic carbocycles. The van der Waals surface area contributed by atoms with Crippen molar-refractivity contribution in [2.75, 3.05) is 12.4 Å². The summed E-state index contributed by atoms with van der Waals surface area (Å²) in [6.45, 7) is 4.25. The van der Waals surface area contributed by atoms with E-state index in [1.54, 1.807) is 25.3 Å². The molecule has 0 aliphatic carbocycles. The van der Waals surface area contributed by atoms with Crippen LogP contribution in [-0.2, 0) is 11.3 Å². The maximum atomic E-state index is 12.6. The number of methoxy groups -OCH3 is 1. The van der Waals surface area contributed by atoms with Crippen molar-refractivity contribution in [2.24, 2.45) is 0 Å². The van der Waals surface area contributed by atoms with Crippen LogP contribution in [0, 0.1) is 13.8 Å². The van der Waals surface area contributed by atoms with Gasteiger partial charge in [-0.15, -0.1) is 0 Å². The quantitative estimate of drug-likeness (QED) is 0.678. The van der Waals surface area contributed by atoms with Gasteiger partial charge in [-0.2, -0.15) is 0 Å². The van der Waals surface area contributed by atoms with Crippen LogP contribution in [0.3, 0.4) is 0 Å². The predicted molar refractivity (Wildman–Crippen MR) is 105 cm³/mol. The number of hydrogen-bond donors (Lipinski definition) is 1. The Morgan fingerprint density at radius 1 is 1.00 bits per heavy atom. The summed E-state index contributed by atoms with van der Waals surface area (Å²) in [5.74, 6) is 1.19. The average Bonchev–Trinajstić information content (AvgIpc) is 2.64. The summed E-state index contributed by atoms with van der Waals surface area (Å²) < 4.78 is 10.9. The lowest BCUT2D eigenvalue weighted by Crippen LogP contribution is -2.14. The van der Waals surface area contributed by atoms with Gasteiger partial charge in [-0.25, -0.2) is 0 Å². The molecule has 5 nitrogen and oxygen atoms in total. The molecule has 0 radical (unpaired) electrons. The van der Waals surface area contributed by atoms with E-state index in [4.69, 9.17) is 9.47 Å². The lowest BCUT2D eigenvalue weighted by Gasteiger charge is -2.11. The highest BCUT2D eigenvalue weighted by atomic mass is 16.5. The van der Waals surface area contributed by atoms with Gasteiger partial charge in [-0.1, -0.05) is 23.8 Å². The first-order valence-corrected chi connectivity index (χ1v) is 8.66. The lowest BCUT2D eigenvalue weighted by molar-refractivity contribution is 0.102. The van der Waals surface area contributed by atoms with Crippen molar-refractivity contribution < 1.29 is 14.3 Å². The van der Waals surface area contributed by atoms with Crippen molar-refractivity contribution >= 4 is 11.6 Å². The molecule has 0 spiro atoms. The standard InChI is InChI=1S/C22H22N2O3/c1-15-7-10-19(11-8-15)27-20-6-4-5-17(13-20)24-22(25)21-12-9-18(14-26-3)23-16(21)2/h4-13H,14H2,1-3H3,(H,24,25). The van der Waals surface area contributed by atoms with Gasteiger partial charge in [-0.05, 0) is 50.2 Å². The molecule has 1 amide bonds. The molecule has 3 aromatic rings. The van der Waals surface area contributed by atoms with Crippen LogP contribution in [0.2, 0.25) is 0 Å². The van der Waals surface area contributed by atoms with Gasteiger partial charge in [0.05, 0.1) is 23.6 Å². The summed E-state index contributed by atoms with van der Waals surface area (Å²) in [6.07, 6.45) is 0. The second-order valence-corrected chi connectivity index (χ2v) is 6.27. The van der Waals surface area contributed by atoms with E-state index in [9.17, 15) is 4.79 Å². The van der Waals surface area contributed by atoms with Gasteiger partial charge in [0.1, 0.15) is 11.5 Å². The van der Waals surface area contributed by atoms with Gasteiger partial charge in [0.15, 0.2) is 0 Å². The number of carbonyl (C=O) groups is 1. The molecule has 138 valence electrons. The largest absolute Gasteiger partial charge is 0.457 e. The minimum Gasteiger partial charge on any atom is -0.457 e. The van der Waals surface area contributed by atoms with Crippen LogP contribution in [0.15, 0.2) is 60.7 Å². The first-order chi connectivity index (χ1) is 13.0. The Morgan fingerprint density at radius 2 is 1.78 bits per heavy atom. The number of nitrogens with zero attached hydrogens (tertiary/aromatic N) is 1. The number of aromatic nitrogens is 1. The second-order valence-electron chi connectivity index (χ2n) is 6.27. The van der Waals surface area contributed by atoms with Crippen molar-refractivity contribution in [1.82, 2.24) is 4.98 Å². The summed E-state index contributed by atoms with van der Waals surface area (Å²) in [5.41, 5.74) is 3.81. The molecule has 0 saturated carbocycles. The number of ether oxygens (including phenoxy) is 2. The molecule has 0 aliphatic heterocycles. The molecule has 0 unspecified atom stereocenters. The Kier molecular flexibility index (Phi) is 5.84. The molecule has 0 saturated heterocycles. The molecular formula is C22H22N2O3. The average molecular weight is 362 g/mol. The number of anilines is 1. The van der Waals surface area contributed by atoms with E-state index in [-0.39, 0.29) is 5.91 Å². The fraction of sp³-hybridized carbons (Fsp3) is 0.182. The molecule has 1 N–H and O–H groups in total. The van der Waals surface area contributed by atoms with Crippen LogP contribution in [0.5, 0.6) is 11.5 Å². The molecule has 5 heteroatoms. The number of amides is 1. The fourth-order valence-corrected chi connectivity index (χ4v) is 2.66. The Balaban J connectivity index is 1.72. The number of benzene rings is 2. The number of rotatable bonds is 6. The third-order valence-electron chi connectivity index (χ3n) is 4.03. The number of nitrogens with one attached hydrogen (secondary N) is 1. The minimum absolute atomic E-state index is 0.212. The number of pyridine rings is 1. The molecule has 1 aromatic heterocycles. The highest BCUT2D eigenvalue weighted by Gasteiger charge is 2.11. The summed E-state index contributed by atoms with van der Waals surface area (Å²) in [6, 6.07) is 18.7. The van der Waals surface area contributed by atoms with Gasteiger partial charge in [0.25, 0.3) is 5.91 Å². The summed E-state index contributed by atoms with van der Waals surface area (Å²) >= 11 is 0. The Bertz CT molecular complexity index is 937. The predicted octanol–water partition coefficient (Wildman–Crippen LogP) is 4.89. The van der Waals surface area contributed by atoms with Gasteiger partial charge in [-0.3, -0.25) is 9.78 Å². The number of aryl methyl sites for hydroxylation is 2. The number of hydrogen-bond acceptors (Lipinski definition) is 4. The molecular weight excluding hydrogens is 340 g/mol.